The van der Waals surface area contributed by atoms with Crippen LogP contribution in [0.4, 0.5) is 4.39 Å². The Morgan fingerprint density at radius 1 is 1.53 bits per heavy atom. The molecule has 4 heteroatoms. The van der Waals surface area contributed by atoms with Gasteiger partial charge in [0.25, 0.3) is 0 Å². The van der Waals surface area contributed by atoms with E-state index in [1.807, 2.05) is 6.92 Å². The first kappa shape index (κ1) is 12.7. The van der Waals surface area contributed by atoms with Crippen LogP contribution in [0, 0.1) is 5.82 Å². The Balaban J connectivity index is 2.46. The summed E-state index contributed by atoms with van der Waals surface area (Å²) in [5.74, 6) is 1.27. The number of hydrogen-bond donors (Lipinski definition) is 1. The van der Waals surface area contributed by atoms with E-state index in [1.165, 1.54) is 12.1 Å². The number of benzene rings is 1. The summed E-state index contributed by atoms with van der Waals surface area (Å²) in [7, 11) is 1.54. The summed E-state index contributed by atoms with van der Waals surface area (Å²) < 4.78 is 18.6. The summed E-state index contributed by atoms with van der Waals surface area (Å²) in [5.41, 5.74) is -0.421. The summed E-state index contributed by atoms with van der Waals surface area (Å²) in [6.45, 7) is 1.98. The lowest BCUT2D eigenvalue weighted by atomic mass is 9.85. The lowest BCUT2D eigenvalue weighted by Crippen LogP contribution is -2.39. The van der Waals surface area contributed by atoms with Crippen molar-refractivity contribution in [2.75, 3.05) is 12.9 Å². The normalized spacial score (nSPS) is 29.1. The smallest absolute Gasteiger partial charge is 0.125 e. The molecule has 0 amide bonds. The molecular formula is C13H17FO2S. The third kappa shape index (κ3) is 2.29. The van der Waals surface area contributed by atoms with Crippen molar-refractivity contribution in [3.63, 3.8) is 0 Å². The average molecular weight is 256 g/mol. The molecule has 1 aliphatic rings. The molecule has 2 unspecified atom stereocenters. The Labute approximate surface area is 105 Å². The standard InChI is InChI=1S/C13H17FO2S/c1-9-13(15,6-3-7-17-9)11-8-10(14)4-5-12(11)16-2/h4-5,8-9,15H,3,6-7H2,1-2H3. The number of methoxy groups -OCH3 is 1. The maximum atomic E-state index is 13.4. The molecular weight excluding hydrogens is 239 g/mol. The number of thioether (sulfide) groups is 1. The van der Waals surface area contributed by atoms with Gasteiger partial charge in [-0.15, -0.1) is 0 Å². The predicted octanol–water partition coefficient (Wildman–Crippen LogP) is 2.94. The molecule has 0 spiro atoms. The molecule has 17 heavy (non-hydrogen) atoms. The second-order valence-electron chi connectivity index (χ2n) is 4.39. The first-order chi connectivity index (χ1) is 8.08. The molecule has 1 saturated heterocycles. The molecule has 1 fully saturated rings. The molecule has 0 radical (unpaired) electrons. The molecule has 2 nitrogen and oxygen atoms in total. The van der Waals surface area contributed by atoms with Crippen LogP contribution in [0.2, 0.25) is 0 Å². The summed E-state index contributed by atoms with van der Waals surface area (Å²) in [4.78, 5) is 0. The minimum atomic E-state index is -0.990. The summed E-state index contributed by atoms with van der Waals surface area (Å²) in [6, 6.07) is 4.32. The minimum absolute atomic E-state index is 0.0481. The zero-order valence-electron chi connectivity index (χ0n) is 10.1. The van der Waals surface area contributed by atoms with Crippen LogP contribution in [0.15, 0.2) is 18.2 Å². The molecule has 0 aromatic heterocycles. The summed E-state index contributed by atoms with van der Waals surface area (Å²) in [5, 5.41) is 10.8. The molecule has 0 bridgehead atoms. The van der Waals surface area contributed by atoms with E-state index in [9.17, 15) is 9.50 Å². The van der Waals surface area contributed by atoms with Gasteiger partial charge >= 0.3 is 0 Å². The maximum Gasteiger partial charge on any atom is 0.125 e. The van der Waals surface area contributed by atoms with Crippen molar-refractivity contribution >= 4 is 11.8 Å². The number of hydrogen-bond acceptors (Lipinski definition) is 3. The van der Waals surface area contributed by atoms with Gasteiger partial charge in [-0.3, -0.25) is 0 Å². The van der Waals surface area contributed by atoms with E-state index in [-0.39, 0.29) is 11.1 Å². The van der Waals surface area contributed by atoms with E-state index in [0.717, 1.165) is 12.2 Å². The van der Waals surface area contributed by atoms with Crippen molar-refractivity contribution in [1.82, 2.24) is 0 Å². The summed E-state index contributed by atoms with van der Waals surface area (Å²) >= 11 is 1.72. The fourth-order valence-electron chi connectivity index (χ4n) is 2.32. The second-order valence-corrected chi connectivity index (χ2v) is 5.83. The van der Waals surface area contributed by atoms with Gasteiger partial charge in [0.15, 0.2) is 0 Å². The molecule has 2 atom stereocenters. The third-order valence-electron chi connectivity index (χ3n) is 3.37. The van der Waals surface area contributed by atoms with Crippen molar-refractivity contribution in [2.24, 2.45) is 0 Å². The van der Waals surface area contributed by atoms with Crippen LogP contribution < -0.4 is 4.74 Å². The van der Waals surface area contributed by atoms with Gasteiger partial charge in [0, 0.05) is 10.8 Å². The Kier molecular flexibility index (Phi) is 3.64. The Morgan fingerprint density at radius 3 is 2.94 bits per heavy atom. The first-order valence-corrected chi connectivity index (χ1v) is 6.81. The molecule has 1 N–H and O–H groups in total. The van der Waals surface area contributed by atoms with E-state index in [0.29, 0.717) is 17.7 Å². The Morgan fingerprint density at radius 2 is 2.29 bits per heavy atom. The number of rotatable bonds is 2. The van der Waals surface area contributed by atoms with Crippen LogP contribution in [0.1, 0.15) is 25.3 Å². The van der Waals surface area contributed by atoms with Gasteiger partial charge in [0.1, 0.15) is 17.2 Å². The average Bonchev–Trinajstić information content (AvgIpc) is 2.33. The fraction of sp³-hybridized carbons (Fsp3) is 0.538. The number of halogens is 1. The highest BCUT2D eigenvalue weighted by Crippen LogP contribution is 2.44. The van der Waals surface area contributed by atoms with Crippen molar-refractivity contribution in [2.45, 2.75) is 30.6 Å². The minimum Gasteiger partial charge on any atom is -0.496 e. The Hall–Kier alpha value is -0.740. The SMILES string of the molecule is COc1ccc(F)cc1C1(O)CCCSC1C. The lowest BCUT2D eigenvalue weighted by Gasteiger charge is -2.38. The van der Waals surface area contributed by atoms with Gasteiger partial charge in [-0.05, 0) is 36.8 Å². The molecule has 94 valence electrons. The zero-order valence-corrected chi connectivity index (χ0v) is 10.9. The van der Waals surface area contributed by atoms with Crippen LogP contribution in [0.25, 0.3) is 0 Å². The highest BCUT2D eigenvalue weighted by atomic mass is 32.2. The van der Waals surface area contributed by atoms with Crippen LogP contribution in [0.5, 0.6) is 5.75 Å². The third-order valence-corrected chi connectivity index (χ3v) is 4.78. The van der Waals surface area contributed by atoms with Gasteiger partial charge in [-0.25, -0.2) is 4.39 Å². The van der Waals surface area contributed by atoms with Crippen LogP contribution >= 0.6 is 11.8 Å². The molecule has 0 aliphatic carbocycles. The van der Waals surface area contributed by atoms with Gasteiger partial charge < -0.3 is 9.84 Å². The van der Waals surface area contributed by atoms with E-state index in [1.54, 1.807) is 24.9 Å². The molecule has 1 aromatic rings. The quantitative estimate of drug-likeness (QED) is 0.882. The van der Waals surface area contributed by atoms with E-state index in [2.05, 4.69) is 0 Å². The van der Waals surface area contributed by atoms with Crippen LogP contribution in [-0.4, -0.2) is 23.2 Å². The monoisotopic (exact) mass is 256 g/mol. The lowest BCUT2D eigenvalue weighted by molar-refractivity contribution is 0.0228. The molecule has 0 saturated carbocycles. The maximum absolute atomic E-state index is 13.4. The van der Waals surface area contributed by atoms with E-state index >= 15 is 0 Å². The molecule has 2 rings (SSSR count). The van der Waals surface area contributed by atoms with Crippen LogP contribution in [-0.2, 0) is 5.60 Å². The van der Waals surface area contributed by atoms with Gasteiger partial charge in [-0.1, -0.05) is 6.92 Å². The van der Waals surface area contributed by atoms with Crippen molar-refractivity contribution in [1.29, 1.82) is 0 Å². The van der Waals surface area contributed by atoms with E-state index in [4.69, 9.17) is 4.74 Å². The van der Waals surface area contributed by atoms with E-state index < -0.39 is 5.60 Å². The zero-order chi connectivity index (χ0) is 12.5. The van der Waals surface area contributed by atoms with Crippen molar-refractivity contribution in [3.05, 3.63) is 29.6 Å². The molecule has 1 heterocycles. The van der Waals surface area contributed by atoms with Gasteiger partial charge in [-0.2, -0.15) is 11.8 Å². The molecule has 1 aromatic carbocycles. The van der Waals surface area contributed by atoms with Crippen molar-refractivity contribution in [3.8, 4) is 5.75 Å². The predicted molar refractivity (Wildman–Crippen MR) is 68.0 cm³/mol. The summed E-state index contributed by atoms with van der Waals surface area (Å²) in [6.07, 6.45) is 1.59. The molecule has 1 aliphatic heterocycles. The number of aliphatic hydroxyl groups is 1. The van der Waals surface area contributed by atoms with Crippen LogP contribution in [0.3, 0.4) is 0 Å². The number of ether oxygens (including phenoxy) is 1. The van der Waals surface area contributed by atoms with Crippen molar-refractivity contribution < 1.29 is 14.2 Å². The Bertz CT molecular complexity index is 410. The second kappa shape index (κ2) is 4.86. The topological polar surface area (TPSA) is 29.5 Å². The first-order valence-electron chi connectivity index (χ1n) is 5.76. The largest absolute Gasteiger partial charge is 0.496 e. The van der Waals surface area contributed by atoms with Gasteiger partial charge in [0.05, 0.1) is 7.11 Å². The highest BCUT2D eigenvalue weighted by molar-refractivity contribution is 8.00. The highest BCUT2D eigenvalue weighted by Gasteiger charge is 2.40. The fourth-order valence-corrected chi connectivity index (χ4v) is 3.50. The van der Waals surface area contributed by atoms with Gasteiger partial charge in [0.2, 0.25) is 0 Å².